The van der Waals surface area contributed by atoms with Crippen molar-refractivity contribution in [2.24, 2.45) is 0 Å². The average Bonchev–Trinajstić information content (AvgIpc) is 2.33. The number of hydrogen-bond acceptors (Lipinski definition) is 2. The SMILES string of the molecule is O[C@@H]1CCCC[C@@H]1NCCc1ccccc1. The van der Waals surface area contributed by atoms with Crippen molar-refractivity contribution in [3.05, 3.63) is 35.9 Å². The van der Waals surface area contributed by atoms with Crippen molar-refractivity contribution in [1.82, 2.24) is 5.32 Å². The molecule has 0 unspecified atom stereocenters. The molecule has 16 heavy (non-hydrogen) atoms. The van der Waals surface area contributed by atoms with Crippen LogP contribution in [-0.2, 0) is 6.42 Å². The number of nitrogens with one attached hydrogen (secondary N) is 1. The molecule has 88 valence electrons. The summed E-state index contributed by atoms with van der Waals surface area (Å²) in [5, 5.41) is 13.3. The smallest absolute Gasteiger partial charge is 0.0693 e. The van der Waals surface area contributed by atoms with Gasteiger partial charge >= 0.3 is 0 Å². The summed E-state index contributed by atoms with van der Waals surface area (Å²) in [6.07, 6.45) is 5.42. The zero-order valence-corrected chi connectivity index (χ0v) is 9.73. The molecule has 1 aromatic carbocycles. The number of aliphatic hydroxyl groups excluding tert-OH is 1. The zero-order valence-electron chi connectivity index (χ0n) is 9.73. The molecule has 2 N–H and O–H groups in total. The van der Waals surface area contributed by atoms with Gasteiger partial charge in [0.25, 0.3) is 0 Å². The molecular weight excluding hydrogens is 198 g/mol. The Labute approximate surface area is 97.7 Å². The van der Waals surface area contributed by atoms with Crippen molar-refractivity contribution in [3.63, 3.8) is 0 Å². The first kappa shape index (κ1) is 11.6. The number of aliphatic hydroxyl groups is 1. The van der Waals surface area contributed by atoms with E-state index in [1.165, 1.54) is 18.4 Å². The van der Waals surface area contributed by atoms with E-state index in [1.807, 2.05) is 6.07 Å². The van der Waals surface area contributed by atoms with Crippen LogP contribution in [0.4, 0.5) is 0 Å². The second-order valence-electron chi connectivity index (χ2n) is 4.65. The van der Waals surface area contributed by atoms with Gasteiger partial charge in [0.15, 0.2) is 0 Å². The minimum absolute atomic E-state index is 0.135. The molecule has 1 aliphatic rings. The summed E-state index contributed by atoms with van der Waals surface area (Å²) in [5.74, 6) is 0. The predicted octanol–water partition coefficient (Wildman–Crippen LogP) is 2.12. The first-order valence-corrected chi connectivity index (χ1v) is 6.31. The molecule has 0 saturated heterocycles. The van der Waals surface area contributed by atoms with E-state index < -0.39 is 0 Å². The van der Waals surface area contributed by atoms with E-state index in [-0.39, 0.29) is 6.10 Å². The van der Waals surface area contributed by atoms with Gasteiger partial charge in [0.2, 0.25) is 0 Å². The summed E-state index contributed by atoms with van der Waals surface area (Å²) in [6, 6.07) is 10.8. The van der Waals surface area contributed by atoms with Gasteiger partial charge in [0.05, 0.1) is 6.10 Å². The molecule has 1 saturated carbocycles. The summed E-state index contributed by atoms with van der Waals surface area (Å²) in [6.45, 7) is 0.964. The molecule has 0 aromatic heterocycles. The van der Waals surface area contributed by atoms with Gasteiger partial charge in [-0.15, -0.1) is 0 Å². The number of rotatable bonds is 4. The first-order chi connectivity index (χ1) is 7.86. The minimum atomic E-state index is -0.135. The Morgan fingerprint density at radius 2 is 1.88 bits per heavy atom. The van der Waals surface area contributed by atoms with Gasteiger partial charge in [0, 0.05) is 6.04 Å². The number of hydrogen-bond donors (Lipinski definition) is 2. The molecule has 2 nitrogen and oxygen atoms in total. The Bertz CT molecular complexity index is 299. The van der Waals surface area contributed by atoms with Crippen LogP contribution in [0.2, 0.25) is 0 Å². The van der Waals surface area contributed by atoms with Crippen molar-refractivity contribution < 1.29 is 5.11 Å². The quantitative estimate of drug-likeness (QED) is 0.813. The molecule has 2 atom stereocenters. The maximum atomic E-state index is 9.80. The van der Waals surface area contributed by atoms with Gasteiger partial charge in [-0.1, -0.05) is 43.2 Å². The van der Waals surface area contributed by atoms with E-state index >= 15 is 0 Å². The molecule has 1 aliphatic carbocycles. The summed E-state index contributed by atoms with van der Waals surface area (Å²) < 4.78 is 0. The summed E-state index contributed by atoms with van der Waals surface area (Å²) in [4.78, 5) is 0. The van der Waals surface area contributed by atoms with Gasteiger partial charge < -0.3 is 10.4 Å². The first-order valence-electron chi connectivity index (χ1n) is 6.31. The lowest BCUT2D eigenvalue weighted by Gasteiger charge is -2.28. The van der Waals surface area contributed by atoms with Crippen LogP contribution < -0.4 is 5.32 Å². The molecule has 2 heteroatoms. The van der Waals surface area contributed by atoms with Crippen molar-refractivity contribution in [3.8, 4) is 0 Å². The highest BCUT2D eigenvalue weighted by Gasteiger charge is 2.21. The largest absolute Gasteiger partial charge is 0.392 e. The van der Waals surface area contributed by atoms with Crippen molar-refractivity contribution in [2.75, 3.05) is 6.54 Å². The number of benzene rings is 1. The Balaban J connectivity index is 1.71. The molecule has 0 spiro atoms. The van der Waals surface area contributed by atoms with Crippen LogP contribution >= 0.6 is 0 Å². The third kappa shape index (κ3) is 3.32. The van der Waals surface area contributed by atoms with Crippen LogP contribution in [0.1, 0.15) is 31.2 Å². The fraction of sp³-hybridized carbons (Fsp3) is 0.571. The van der Waals surface area contributed by atoms with Gasteiger partial charge in [0.1, 0.15) is 0 Å². The second kappa shape index (κ2) is 6.02. The van der Waals surface area contributed by atoms with Crippen molar-refractivity contribution in [2.45, 2.75) is 44.2 Å². The fourth-order valence-corrected chi connectivity index (χ4v) is 2.40. The van der Waals surface area contributed by atoms with Crippen molar-refractivity contribution in [1.29, 1.82) is 0 Å². The lowest BCUT2D eigenvalue weighted by atomic mass is 9.92. The fourth-order valence-electron chi connectivity index (χ4n) is 2.40. The normalized spacial score (nSPS) is 25.6. The highest BCUT2D eigenvalue weighted by molar-refractivity contribution is 5.14. The molecule has 1 fully saturated rings. The third-order valence-electron chi connectivity index (χ3n) is 3.39. The third-order valence-corrected chi connectivity index (χ3v) is 3.39. The monoisotopic (exact) mass is 219 g/mol. The van der Waals surface area contributed by atoms with Crippen molar-refractivity contribution >= 4 is 0 Å². The van der Waals surface area contributed by atoms with Crippen LogP contribution in [-0.4, -0.2) is 23.8 Å². The summed E-state index contributed by atoms with van der Waals surface area (Å²) in [7, 11) is 0. The van der Waals surface area contributed by atoms with E-state index in [0.29, 0.717) is 6.04 Å². The molecule has 0 radical (unpaired) electrons. The predicted molar refractivity (Wildman–Crippen MR) is 66.4 cm³/mol. The van der Waals surface area contributed by atoms with E-state index in [0.717, 1.165) is 25.8 Å². The topological polar surface area (TPSA) is 32.3 Å². The van der Waals surface area contributed by atoms with E-state index in [2.05, 4.69) is 29.6 Å². The molecule has 2 rings (SSSR count). The molecule has 0 heterocycles. The Morgan fingerprint density at radius 1 is 1.12 bits per heavy atom. The average molecular weight is 219 g/mol. The maximum absolute atomic E-state index is 9.80. The van der Waals surface area contributed by atoms with Gasteiger partial charge in [-0.25, -0.2) is 0 Å². The Hall–Kier alpha value is -0.860. The summed E-state index contributed by atoms with van der Waals surface area (Å²) in [5.41, 5.74) is 1.36. The van der Waals surface area contributed by atoms with Crippen LogP contribution in [0.3, 0.4) is 0 Å². The lowest BCUT2D eigenvalue weighted by Crippen LogP contribution is -2.42. The highest BCUT2D eigenvalue weighted by Crippen LogP contribution is 2.18. The Kier molecular flexibility index (Phi) is 4.37. The zero-order chi connectivity index (χ0) is 11.2. The van der Waals surface area contributed by atoms with Gasteiger partial charge in [-0.2, -0.15) is 0 Å². The van der Waals surface area contributed by atoms with Gasteiger partial charge in [-0.3, -0.25) is 0 Å². The maximum Gasteiger partial charge on any atom is 0.0693 e. The second-order valence-corrected chi connectivity index (χ2v) is 4.65. The van der Waals surface area contributed by atoms with Crippen LogP contribution in [0.5, 0.6) is 0 Å². The molecular formula is C14H21NO. The van der Waals surface area contributed by atoms with E-state index in [1.54, 1.807) is 0 Å². The highest BCUT2D eigenvalue weighted by atomic mass is 16.3. The molecule has 0 bridgehead atoms. The molecule has 1 aromatic rings. The van der Waals surface area contributed by atoms with Gasteiger partial charge in [-0.05, 0) is 31.4 Å². The van der Waals surface area contributed by atoms with E-state index in [9.17, 15) is 5.11 Å². The molecule has 0 amide bonds. The van der Waals surface area contributed by atoms with Crippen LogP contribution in [0.25, 0.3) is 0 Å². The van der Waals surface area contributed by atoms with E-state index in [4.69, 9.17) is 0 Å². The summed E-state index contributed by atoms with van der Waals surface area (Å²) >= 11 is 0. The van der Waals surface area contributed by atoms with Crippen LogP contribution in [0, 0.1) is 0 Å². The van der Waals surface area contributed by atoms with Crippen LogP contribution in [0.15, 0.2) is 30.3 Å². The standard InChI is InChI=1S/C14H21NO/c16-14-9-5-4-8-13(14)15-11-10-12-6-2-1-3-7-12/h1-3,6-7,13-16H,4-5,8-11H2/t13-,14+/m0/s1. The molecule has 0 aliphatic heterocycles. The Morgan fingerprint density at radius 3 is 2.62 bits per heavy atom. The lowest BCUT2D eigenvalue weighted by molar-refractivity contribution is 0.0914. The minimum Gasteiger partial charge on any atom is -0.392 e.